The van der Waals surface area contributed by atoms with Crippen molar-refractivity contribution in [1.82, 2.24) is 10.2 Å². The van der Waals surface area contributed by atoms with E-state index in [1.54, 1.807) is 0 Å². The molecule has 0 aromatic heterocycles. The van der Waals surface area contributed by atoms with Gasteiger partial charge in [0, 0.05) is 25.1 Å². The molecule has 0 saturated heterocycles. The first kappa shape index (κ1) is 16.8. The molecule has 1 rings (SSSR count). The highest BCUT2D eigenvalue weighted by atomic mass is 32.2. The number of carbonyl (C=O) groups is 4. The van der Waals surface area contributed by atoms with Crippen molar-refractivity contribution in [2.24, 2.45) is 0 Å². The van der Waals surface area contributed by atoms with Crippen LogP contribution in [-0.2, 0) is 29.3 Å². The fourth-order valence-corrected chi connectivity index (χ4v) is 2.16. The second-order valence-corrected chi connectivity index (χ2v) is 5.62. The maximum atomic E-state index is 11.5. The predicted molar refractivity (Wildman–Crippen MR) is 66.5 cm³/mol. The Morgan fingerprint density at radius 1 is 1.24 bits per heavy atom. The van der Waals surface area contributed by atoms with E-state index >= 15 is 0 Å². The highest BCUT2D eigenvalue weighted by Crippen LogP contribution is 2.04. The molecular weight excluding hydrogens is 308 g/mol. The summed E-state index contributed by atoms with van der Waals surface area (Å²) in [5.74, 6) is -4.90. The zero-order valence-electron chi connectivity index (χ0n) is 10.6. The van der Waals surface area contributed by atoms with Crippen LogP contribution in [0.1, 0.15) is 6.42 Å². The molecular formula is C10H12N2O8S. The van der Waals surface area contributed by atoms with E-state index in [1.807, 2.05) is 5.32 Å². The fourth-order valence-electron chi connectivity index (χ4n) is 1.52. The maximum absolute atomic E-state index is 11.5. The Labute approximate surface area is 119 Å². The molecule has 1 atom stereocenters. The molecule has 0 aliphatic carbocycles. The van der Waals surface area contributed by atoms with Crippen molar-refractivity contribution in [3.63, 3.8) is 0 Å². The van der Waals surface area contributed by atoms with E-state index in [4.69, 9.17) is 9.66 Å². The average molecular weight is 320 g/mol. The molecule has 0 spiro atoms. The Hall–Kier alpha value is -2.27. The van der Waals surface area contributed by atoms with E-state index in [-0.39, 0.29) is 6.54 Å². The lowest BCUT2D eigenvalue weighted by molar-refractivity contribution is -0.142. The van der Waals surface area contributed by atoms with Gasteiger partial charge in [0.15, 0.2) is 0 Å². The monoisotopic (exact) mass is 320 g/mol. The molecule has 116 valence electrons. The molecule has 0 aromatic rings. The first-order valence-electron chi connectivity index (χ1n) is 5.61. The van der Waals surface area contributed by atoms with Crippen LogP contribution >= 0.6 is 0 Å². The number of hydrogen-bond donors (Lipinski definition) is 3. The number of nitrogens with one attached hydrogen (secondary N) is 1. The fraction of sp³-hybridized carbons (Fsp3) is 0.400. The molecule has 1 aliphatic rings. The minimum Gasteiger partial charge on any atom is -0.480 e. The van der Waals surface area contributed by atoms with Gasteiger partial charge in [0.1, 0.15) is 11.8 Å². The maximum Gasteiger partial charge on any atom is 0.327 e. The molecule has 0 bridgehead atoms. The van der Waals surface area contributed by atoms with E-state index in [1.165, 1.54) is 0 Å². The Kier molecular flexibility index (Phi) is 5.16. The van der Waals surface area contributed by atoms with Gasteiger partial charge in [0.05, 0.1) is 0 Å². The third kappa shape index (κ3) is 5.31. The first-order chi connectivity index (χ1) is 9.60. The Morgan fingerprint density at radius 3 is 2.19 bits per heavy atom. The summed E-state index contributed by atoms with van der Waals surface area (Å²) in [7, 11) is -4.59. The van der Waals surface area contributed by atoms with Gasteiger partial charge in [-0.1, -0.05) is 0 Å². The molecule has 3 amide bonds. The van der Waals surface area contributed by atoms with Crippen molar-refractivity contribution in [3.8, 4) is 0 Å². The van der Waals surface area contributed by atoms with Crippen LogP contribution in [0.3, 0.4) is 0 Å². The lowest BCUT2D eigenvalue weighted by atomic mass is 10.3. The molecule has 0 saturated carbocycles. The van der Waals surface area contributed by atoms with Crippen LogP contribution in [0.15, 0.2) is 12.2 Å². The van der Waals surface area contributed by atoms with Crippen molar-refractivity contribution in [2.45, 2.75) is 12.5 Å². The Balaban J connectivity index is 2.53. The molecule has 0 radical (unpaired) electrons. The predicted octanol–water partition coefficient (Wildman–Crippen LogP) is -2.24. The summed E-state index contributed by atoms with van der Waals surface area (Å²) in [5.41, 5.74) is 0. The normalized spacial score (nSPS) is 16.1. The van der Waals surface area contributed by atoms with Gasteiger partial charge < -0.3 is 10.4 Å². The number of imide groups is 1. The van der Waals surface area contributed by atoms with Gasteiger partial charge in [0.25, 0.3) is 21.9 Å². The Bertz CT molecular complexity index is 591. The Morgan fingerprint density at radius 2 is 1.76 bits per heavy atom. The number of aliphatic carboxylic acids is 1. The molecule has 0 unspecified atom stereocenters. The SMILES string of the molecule is O=C(CCN1C(=O)C=CC1=O)N[C@@H](CS(=O)(=O)O)C(=O)O. The lowest BCUT2D eigenvalue weighted by Crippen LogP contribution is -2.46. The van der Waals surface area contributed by atoms with Crippen molar-refractivity contribution < 1.29 is 37.3 Å². The third-order valence-corrected chi connectivity index (χ3v) is 3.23. The number of carboxylic acid groups (broad SMARTS) is 1. The van der Waals surface area contributed by atoms with Crippen LogP contribution in [0.2, 0.25) is 0 Å². The van der Waals surface area contributed by atoms with E-state index < -0.39 is 52.0 Å². The first-order valence-corrected chi connectivity index (χ1v) is 7.22. The number of nitrogens with zero attached hydrogens (tertiary/aromatic N) is 1. The molecule has 0 aromatic carbocycles. The zero-order valence-corrected chi connectivity index (χ0v) is 11.4. The summed E-state index contributed by atoms with van der Waals surface area (Å²) >= 11 is 0. The van der Waals surface area contributed by atoms with Gasteiger partial charge in [-0.2, -0.15) is 8.42 Å². The van der Waals surface area contributed by atoms with Crippen LogP contribution < -0.4 is 5.32 Å². The van der Waals surface area contributed by atoms with E-state index in [0.29, 0.717) is 0 Å². The summed E-state index contributed by atoms with van der Waals surface area (Å²) in [4.78, 5) is 45.4. The van der Waals surface area contributed by atoms with Gasteiger partial charge in [-0.25, -0.2) is 4.79 Å². The third-order valence-electron chi connectivity index (χ3n) is 2.47. The topological polar surface area (TPSA) is 158 Å². The van der Waals surface area contributed by atoms with Gasteiger partial charge in [-0.05, 0) is 0 Å². The summed E-state index contributed by atoms with van der Waals surface area (Å²) in [5, 5.41) is 10.6. The standard InChI is InChI=1S/C10H12N2O8S/c13-7(3-4-12-8(14)1-2-9(12)15)11-6(10(16)17)5-21(18,19)20/h1-2,6H,3-5H2,(H,11,13)(H,16,17)(H,18,19,20)/t6-/m0/s1. The van der Waals surface area contributed by atoms with Crippen LogP contribution in [0.25, 0.3) is 0 Å². The molecule has 3 N–H and O–H groups in total. The minimum atomic E-state index is -4.59. The lowest BCUT2D eigenvalue weighted by Gasteiger charge is -2.15. The van der Waals surface area contributed by atoms with Crippen LogP contribution in [0.4, 0.5) is 0 Å². The van der Waals surface area contributed by atoms with E-state index in [0.717, 1.165) is 17.1 Å². The van der Waals surface area contributed by atoms with Crippen molar-refractivity contribution in [1.29, 1.82) is 0 Å². The summed E-state index contributed by atoms with van der Waals surface area (Å²) < 4.78 is 29.8. The summed E-state index contributed by atoms with van der Waals surface area (Å²) in [6.07, 6.45) is 1.66. The van der Waals surface area contributed by atoms with Gasteiger partial charge in [-0.3, -0.25) is 23.8 Å². The smallest absolute Gasteiger partial charge is 0.327 e. The number of amides is 3. The highest BCUT2D eigenvalue weighted by molar-refractivity contribution is 7.85. The van der Waals surface area contributed by atoms with Gasteiger partial charge >= 0.3 is 5.97 Å². The van der Waals surface area contributed by atoms with Crippen molar-refractivity contribution >= 4 is 33.8 Å². The largest absolute Gasteiger partial charge is 0.480 e. The highest BCUT2D eigenvalue weighted by Gasteiger charge is 2.27. The second-order valence-electron chi connectivity index (χ2n) is 4.12. The minimum absolute atomic E-state index is 0.269. The summed E-state index contributed by atoms with van der Waals surface area (Å²) in [6, 6.07) is -1.82. The van der Waals surface area contributed by atoms with Crippen LogP contribution in [-0.4, -0.2) is 65.0 Å². The van der Waals surface area contributed by atoms with Crippen LogP contribution in [0.5, 0.6) is 0 Å². The molecule has 0 fully saturated rings. The average Bonchev–Trinajstić information content (AvgIpc) is 2.64. The van der Waals surface area contributed by atoms with E-state index in [9.17, 15) is 27.6 Å². The molecule has 1 heterocycles. The van der Waals surface area contributed by atoms with E-state index in [2.05, 4.69) is 0 Å². The molecule has 10 nitrogen and oxygen atoms in total. The quantitative estimate of drug-likeness (QED) is 0.351. The molecule has 11 heteroatoms. The molecule has 21 heavy (non-hydrogen) atoms. The zero-order chi connectivity index (χ0) is 16.2. The van der Waals surface area contributed by atoms with Gasteiger partial charge in [0.2, 0.25) is 5.91 Å². The number of carboxylic acids is 1. The van der Waals surface area contributed by atoms with Crippen molar-refractivity contribution in [3.05, 3.63) is 12.2 Å². The van der Waals surface area contributed by atoms with Crippen molar-refractivity contribution in [2.75, 3.05) is 12.3 Å². The summed E-state index contributed by atoms with van der Waals surface area (Å²) in [6.45, 7) is -0.269. The number of rotatable bonds is 7. The number of carbonyl (C=O) groups excluding carboxylic acids is 3. The van der Waals surface area contributed by atoms with Gasteiger partial charge in [-0.15, -0.1) is 0 Å². The van der Waals surface area contributed by atoms with Crippen LogP contribution in [0, 0.1) is 0 Å². The number of hydrogen-bond acceptors (Lipinski definition) is 6. The molecule has 1 aliphatic heterocycles. The second kappa shape index (κ2) is 6.45.